The first-order valence-electron chi connectivity index (χ1n) is 5.62. The molecule has 1 aromatic heterocycles. The maximum atomic E-state index is 11.4. The van der Waals surface area contributed by atoms with Crippen molar-refractivity contribution in [2.45, 2.75) is 20.1 Å². The molecule has 0 spiro atoms. The molecule has 1 aromatic rings. The largest absolute Gasteiger partial charge is 0.383 e. The fourth-order valence-electron chi connectivity index (χ4n) is 1.31. The van der Waals surface area contributed by atoms with E-state index < -0.39 is 0 Å². The van der Waals surface area contributed by atoms with Gasteiger partial charge in [-0.15, -0.1) is 0 Å². The first-order valence-corrected chi connectivity index (χ1v) is 5.62. The lowest BCUT2D eigenvalue weighted by molar-refractivity contribution is 0.128. The van der Waals surface area contributed by atoms with Gasteiger partial charge in [-0.1, -0.05) is 0 Å². The van der Waals surface area contributed by atoms with Gasteiger partial charge in [-0.05, 0) is 6.92 Å². The number of H-pyrrole nitrogens is 1. The van der Waals surface area contributed by atoms with Gasteiger partial charge in [-0.2, -0.15) is 0 Å². The third-order valence-electron chi connectivity index (χ3n) is 2.08. The van der Waals surface area contributed by atoms with Crippen molar-refractivity contribution in [2.24, 2.45) is 0 Å². The number of hydrogen-bond acceptors (Lipinski definition) is 5. The van der Waals surface area contributed by atoms with Gasteiger partial charge in [0.25, 0.3) is 5.56 Å². The number of ether oxygens (including phenoxy) is 2. The van der Waals surface area contributed by atoms with Crippen LogP contribution >= 0.6 is 0 Å². The van der Waals surface area contributed by atoms with Gasteiger partial charge in [-0.25, -0.2) is 4.98 Å². The molecule has 2 N–H and O–H groups in total. The van der Waals surface area contributed by atoms with Gasteiger partial charge in [0.15, 0.2) is 0 Å². The average molecular weight is 241 g/mol. The Morgan fingerprint density at radius 1 is 1.53 bits per heavy atom. The smallest absolute Gasteiger partial charge is 0.251 e. The van der Waals surface area contributed by atoms with Crippen LogP contribution in [0.1, 0.15) is 18.4 Å². The maximum absolute atomic E-state index is 11.4. The summed E-state index contributed by atoms with van der Waals surface area (Å²) in [6, 6.07) is 1.48. The highest BCUT2D eigenvalue weighted by Gasteiger charge is 2.01. The van der Waals surface area contributed by atoms with Crippen molar-refractivity contribution >= 4 is 0 Å². The predicted molar refractivity (Wildman–Crippen MR) is 63.8 cm³/mol. The Morgan fingerprint density at radius 2 is 2.35 bits per heavy atom. The standard InChI is InChI=1S/C11H19N3O3/c1-3-17-8-10-13-9(6-11(15)14-10)7-12-4-5-16-2/h6,12H,3-5,7-8H2,1-2H3,(H,13,14,15). The van der Waals surface area contributed by atoms with E-state index in [-0.39, 0.29) is 5.56 Å². The van der Waals surface area contributed by atoms with Gasteiger partial charge in [0.2, 0.25) is 0 Å². The van der Waals surface area contributed by atoms with Crippen molar-refractivity contribution in [1.82, 2.24) is 15.3 Å². The quantitative estimate of drug-likeness (QED) is 0.629. The molecule has 0 radical (unpaired) electrons. The zero-order chi connectivity index (χ0) is 12.5. The van der Waals surface area contributed by atoms with E-state index in [2.05, 4.69) is 15.3 Å². The highest BCUT2D eigenvalue weighted by atomic mass is 16.5. The predicted octanol–water partition coefficient (Wildman–Crippen LogP) is 0.0424. The lowest BCUT2D eigenvalue weighted by atomic mass is 10.4. The number of rotatable bonds is 8. The molecule has 1 rings (SSSR count). The molecule has 0 fully saturated rings. The van der Waals surface area contributed by atoms with Gasteiger partial charge >= 0.3 is 0 Å². The second-order valence-corrected chi connectivity index (χ2v) is 3.49. The van der Waals surface area contributed by atoms with E-state index in [1.165, 1.54) is 6.07 Å². The highest BCUT2D eigenvalue weighted by Crippen LogP contribution is 1.94. The first-order chi connectivity index (χ1) is 8.26. The van der Waals surface area contributed by atoms with Crippen LogP contribution in [0, 0.1) is 0 Å². The van der Waals surface area contributed by atoms with E-state index in [4.69, 9.17) is 9.47 Å². The van der Waals surface area contributed by atoms with E-state index >= 15 is 0 Å². The Labute approximate surface area is 100 Å². The Balaban J connectivity index is 2.53. The van der Waals surface area contributed by atoms with E-state index in [0.717, 1.165) is 6.54 Å². The summed E-state index contributed by atoms with van der Waals surface area (Å²) >= 11 is 0. The molecule has 0 aromatic carbocycles. The molecule has 0 aliphatic carbocycles. The van der Waals surface area contributed by atoms with E-state index in [9.17, 15) is 4.79 Å². The number of methoxy groups -OCH3 is 1. The van der Waals surface area contributed by atoms with Crippen LogP contribution < -0.4 is 10.9 Å². The van der Waals surface area contributed by atoms with Crippen LogP contribution in [0.3, 0.4) is 0 Å². The fourth-order valence-corrected chi connectivity index (χ4v) is 1.31. The summed E-state index contributed by atoms with van der Waals surface area (Å²) in [5.74, 6) is 0.558. The molecule has 1 heterocycles. The zero-order valence-electron chi connectivity index (χ0n) is 10.3. The lowest BCUT2D eigenvalue weighted by Gasteiger charge is -2.05. The summed E-state index contributed by atoms with van der Waals surface area (Å²) in [6.07, 6.45) is 0. The minimum Gasteiger partial charge on any atom is -0.383 e. The van der Waals surface area contributed by atoms with Gasteiger partial charge in [-0.3, -0.25) is 4.79 Å². The van der Waals surface area contributed by atoms with Crippen LogP contribution in [-0.2, 0) is 22.6 Å². The minimum atomic E-state index is -0.154. The molecular weight excluding hydrogens is 222 g/mol. The summed E-state index contributed by atoms with van der Waals surface area (Å²) in [5, 5.41) is 3.13. The lowest BCUT2D eigenvalue weighted by Crippen LogP contribution is -2.22. The second-order valence-electron chi connectivity index (χ2n) is 3.49. The first kappa shape index (κ1) is 13.8. The maximum Gasteiger partial charge on any atom is 0.251 e. The van der Waals surface area contributed by atoms with Gasteiger partial charge in [0, 0.05) is 32.9 Å². The normalized spacial score (nSPS) is 10.7. The summed E-state index contributed by atoms with van der Waals surface area (Å²) in [5.41, 5.74) is 0.554. The van der Waals surface area contributed by atoms with Gasteiger partial charge in [0.1, 0.15) is 12.4 Å². The van der Waals surface area contributed by atoms with Crippen LogP contribution in [0.25, 0.3) is 0 Å². The molecule has 17 heavy (non-hydrogen) atoms. The zero-order valence-corrected chi connectivity index (χ0v) is 10.3. The third-order valence-corrected chi connectivity index (χ3v) is 2.08. The van der Waals surface area contributed by atoms with Crippen molar-refractivity contribution < 1.29 is 9.47 Å². The van der Waals surface area contributed by atoms with Crippen LogP contribution in [0.2, 0.25) is 0 Å². The highest BCUT2D eigenvalue weighted by molar-refractivity contribution is 5.02. The van der Waals surface area contributed by atoms with Crippen LogP contribution in [0.5, 0.6) is 0 Å². The summed E-state index contributed by atoms with van der Waals surface area (Å²) in [6.45, 7) is 4.74. The van der Waals surface area contributed by atoms with Crippen LogP contribution in [-0.4, -0.2) is 36.8 Å². The van der Waals surface area contributed by atoms with Crippen LogP contribution in [0.4, 0.5) is 0 Å². The second kappa shape index (κ2) is 7.94. The molecular formula is C11H19N3O3. The Morgan fingerprint density at radius 3 is 3.06 bits per heavy atom. The third kappa shape index (κ3) is 5.58. The molecule has 6 heteroatoms. The number of nitrogens with zero attached hydrogens (tertiary/aromatic N) is 1. The van der Waals surface area contributed by atoms with Gasteiger partial charge in [0.05, 0.1) is 12.3 Å². The molecule has 0 saturated carbocycles. The van der Waals surface area contributed by atoms with E-state index in [1.807, 2.05) is 6.92 Å². The SMILES string of the molecule is CCOCc1nc(CNCCOC)cc(=O)[nH]1. The Bertz CT molecular complexity index is 378. The molecule has 6 nitrogen and oxygen atoms in total. The molecule has 0 bridgehead atoms. The molecule has 0 saturated heterocycles. The number of aromatic amines is 1. The molecule has 96 valence electrons. The molecule has 0 unspecified atom stereocenters. The fraction of sp³-hybridized carbons (Fsp3) is 0.636. The van der Waals surface area contributed by atoms with E-state index in [1.54, 1.807) is 7.11 Å². The number of aromatic nitrogens is 2. The number of nitrogens with one attached hydrogen (secondary N) is 2. The monoisotopic (exact) mass is 241 g/mol. The summed E-state index contributed by atoms with van der Waals surface area (Å²) in [4.78, 5) is 18.3. The van der Waals surface area contributed by atoms with Crippen molar-refractivity contribution in [1.29, 1.82) is 0 Å². The minimum absolute atomic E-state index is 0.154. The Kier molecular flexibility index (Phi) is 6.46. The summed E-state index contributed by atoms with van der Waals surface area (Å²) in [7, 11) is 1.65. The molecule has 0 atom stereocenters. The Hall–Kier alpha value is -1.24. The van der Waals surface area contributed by atoms with Crippen LogP contribution in [0.15, 0.2) is 10.9 Å². The van der Waals surface area contributed by atoms with Crippen molar-refractivity contribution in [3.63, 3.8) is 0 Å². The molecule has 0 aliphatic heterocycles. The molecule has 0 amide bonds. The van der Waals surface area contributed by atoms with E-state index in [0.29, 0.717) is 37.9 Å². The summed E-state index contributed by atoms with van der Waals surface area (Å²) < 4.78 is 10.1. The number of hydrogen-bond donors (Lipinski definition) is 2. The average Bonchev–Trinajstić information content (AvgIpc) is 2.31. The topological polar surface area (TPSA) is 76.2 Å². The van der Waals surface area contributed by atoms with Crippen molar-refractivity contribution in [2.75, 3.05) is 26.9 Å². The van der Waals surface area contributed by atoms with Crippen molar-refractivity contribution in [3.8, 4) is 0 Å². The van der Waals surface area contributed by atoms with Crippen molar-refractivity contribution in [3.05, 3.63) is 27.9 Å². The molecule has 0 aliphatic rings. The van der Waals surface area contributed by atoms with Gasteiger partial charge < -0.3 is 19.8 Å².